The Morgan fingerprint density at radius 3 is 2.00 bits per heavy atom. The number of hydrogen-bond acceptors (Lipinski definition) is 2. The molecule has 3 heteroatoms. The molecule has 0 saturated carbocycles. The van der Waals surface area contributed by atoms with Crippen LogP contribution in [0.15, 0.2) is 11.8 Å². The Morgan fingerprint density at radius 2 is 1.70 bits per heavy atom. The predicted octanol–water partition coefficient (Wildman–Crippen LogP) is 0.397. The number of rotatable bonds is 4. The van der Waals surface area contributed by atoms with Gasteiger partial charge in [-0.3, -0.25) is 0 Å². The van der Waals surface area contributed by atoms with Gasteiger partial charge in [-0.2, -0.15) is 0 Å². The van der Waals surface area contributed by atoms with Gasteiger partial charge in [0.15, 0.2) is 0 Å². The zero-order valence-corrected chi connectivity index (χ0v) is 8.46. The first-order chi connectivity index (χ1) is 4.70. The van der Waals surface area contributed by atoms with Gasteiger partial charge in [0.1, 0.15) is 0 Å². The molecule has 0 amide bonds. The lowest BCUT2D eigenvalue weighted by atomic mass is 10.2. The zero-order chi connectivity index (χ0) is 7.98. The van der Waals surface area contributed by atoms with Gasteiger partial charge in [0.05, 0.1) is 0 Å². The van der Waals surface area contributed by atoms with E-state index in [4.69, 9.17) is 0 Å². The average molecular weight is 158 g/mol. The van der Waals surface area contributed by atoms with Gasteiger partial charge in [-0.05, 0) is 20.0 Å². The molecule has 0 aromatic rings. The van der Waals surface area contributed by atoms with Crippen molar-refractivity contribution >= 4 is 9.12 Å². The molecule has 0 bridgehead atoms. The summed E-state index contributed by atoms with van der Waals surface area (Å²) < 4.78 is 0. The highest BCUT2D eigenvalue weighted by atomic mass is 28.3. The van der Waals surface area contributed by atoms with E-state index >= 15 is 0 Å². The van der Waals surface area contributed by atoms with E-state index in [0.717, 1.165) is 0 Å². The predicted molar refractivity (Wildman–Crippen MR) is 49.2 cm³/mol. The molecule has 2 N–H and O–H groups in total. The van der Waals surface area contributed by atoms with Gasteiger partial charge in [-0.15, -0.1) is 0 Å². The summed E-state index contributed by atoms with van der Waals surface area (Å²) in [5.74, 6) is 0.664. The van der Waals surface area contributed by atoms with Crippen molar-refractivity contribution in [2.45, 2.75) is 13.8 Å². The molecule has 0 atom stereocenters. The second-order valence-corrected chi connectivity index (χ2v) is 5.18. The molecular weight excluding hydrogens is 140 g/mol. The summed E-state index contributed by atoms with van der Waals surface area (Å²) in [6, 6.07) is 0. The Kier molecular flexibility index (Phi) is 5.58. The van der Waals surface area contributed by atoms with Crippen molar-refractivity contribution in [2.24, 2.45) is 5.92 Å². The molecule has 60 valence electrons. The minimum Gasteiger partial charge on any atom is -0.328 e. The van der Waals surface area contributed by atoms with Crippen LogP contribution in [0.25, 0.3) is 0 Å². The van der Waals surface area contributed by atoms with Gasteiger partial charge < -0.3 is 9.96 Å². The third-order valence-corrected chi connectivity index (χ3v) is 3.16. The van der Waals surface area contributed by atoms with Crippen LogP contribution in [0.5, 0.6) is 0 Å². The van der Waals surface area contributed by atoms with Gasteiger partial charge in [0, 0.05) is 0 Å². The van der Waals surface area contributed by atoms with Crippen molar-refractivity contribution in [3.63, 3.8) is 0 Å². The van der Waals surface area contributed by atoms with Gasteiger partial charge in [0.25, 0.3) is 0 Å². The third-order valence-electron chi connectivity index (χ3n) is 1.31. The second-order valence-electron chi connectivity index (χ2n) is 2.68. The molecular formula is C7H18N2Si. The summed E-state index contributed by atoms with van der Waals surface area (Å²) in [5, 5.41) is 0. The van der Waals surface area contributed by atoms with E-state index in [1.54, 1.807) is 0 Å². The molecule has 0 aliphatic heterocycles. The fourth-order valence-corrected chi connectivity index (χ4v) is 2.01. The minimum absolute atomic E-state index is 0.664. The van der Waals surface area contributed by atoms with E-state index in [0.29, 0.717) is 5.92 Å². The molecule has 2 nitrogen and oxygen atoms in total. The number of allylic oxidation sites excluding steroid dienone is 1. The fourth-order valence-electron chi connectivity index (χ4n) is 0.670. The monoisotopic (exact) mass is 158 g/mol. The molecule has 0 aromatic carbocycles. The highest BCUT2D eigenvalue weighted by Gasteiger charge is 1.97. The topological polar surface area (TPSA) is 24.1 Å². The van der Waals surface area contributed by atoms with Crippen molar-refractivity contribution in [2.75, 3.05) is 14.1 Å². The number of hydrogen-bond donors (Lipinski definition) is 2. The fraction of sp³-hybridized carbons (Fsp3) is 0.714. The summed E-state index contributed by atoms with van der Waals surface area (Å²) in [6.45, 7) is 4.38. The summed E-state index contributed by atoms with van der Waals surface area (Å²) in [5.41, 5.74) is 2.27. The van der Waals surface area contributed by atoms with E-state index in [1.165, 1.54) is 0 Å². The van der Waals surface area contributed by atoms with Crippen LogP contribution in [-0.4, -0.2) is 23.2 Å². The molecule has 0 spiro atoms. The molecule has 0 unspecified atom stereocenters. The zero-order valence-electron chi connectivity index (χ0n) is 7.31. The Morgan fingerprint density at radius 1 is 1.20 bits per heavy atom. The first-order valence-corrected chi connectivity index (χ1v) is 5.55. The Hall–Kier alpha value is -0.123. The van der Waals surface area contributed by atoms with E-state index in [1.807, 2.05) is 14.1 Å². The van der Waals surface area contributed by atoms with Crippen molar-refractivity contribution in [1.82, 2.24) is 9.96 Å². The van der Waals surface area contributed by atoms with Crippen molar-refractivity contribution in [1.29, 1.82) is 0 Å². The Balaban J connectivity index is 3.61. The Labute approximate surface area is 65.5 Å². The highest BCUT2D eigenvalue weighted by Crippen LogP contribution is 1.92. The maximum atomic E-state index is 3.25. The average Bonchev–Trinajstić information content (AvgIpc) is 1.90. The number of nitrogens with one attached hydrogen (secondary N) is 2. The van der Waals surface area contributed by atoms with Crippen LogP contribution >= 0.6 is 0 Å². The molecule has 0 rings (SSSR count). The minimum atomic E-state index is -0.929. The van der Waals surface area contributed by atoms with Crippen molar-refractivity contribution < 1.29 is 0 Å². The summed E-state index contributed by atoms with van der Waals surface area (Å²) in [7, 11) is 3.07. The van der Waals surface area contributed by atoms with Crippen LogP contribution < -0.4 is 9.96 Å². The van der Waals surface area contributed by atoms with E-state index < -0.39 is 9.12 Å². The third kappa shape index (κ3) is 4.73. The van der Waals surface area contributed by atoms with E-state index in [2.05, 4.69) is 35.6 Å². The molecule has 10 heavy (non-hydrogen) atoms. The quantitative estimate of drug-likeness (QED) is 0.579. The largest absolute Gasteiger partial charge is 0.328 e. The van der Waals surface area contributed by atoms with Crippen LogP contribution in [0.2, 0.25) is 0 Å². The first kappa shape index (κ1) is 9.88. The van der Waals surface area contributed by atoms with Crippen molar-refractivity contribution in [3.05, 3.63) is 11.8 Å². The lowest BCUT2D eigenvalue weighted by Crippen LogP contribution is -2.41. The molecule has 0 saturated heterocycles. The molecule has 0 heterocycles. The molecule has 0 aliphatic carbocycles. The molecule has 0 fully saturated rings. The molecule has 0 aromatic heterocycles. The normalized spacial score (nSPS) is 12.2. The smallest absolute Gasteiger partial charge is 0.209 e. The van der Waals surface area contributed by atoms with Gasteiger partial charge >= 0.3 is 0 Å². The maximum Gasteiger partial charge on any atom is 0.209 e. The SMILES string of the molecule is CN[SiH](C=CC(C)C)NC. The van der Waals surface area contributed by atoms with E-state index in [9.17, 15) is 0 Å². The van der Waals surface area contributed by atoms with Crippen LogP contribution in [0.3, 0.4) is 0 Å². The van der Waals surface area contributed by atoms with Crippen LogP contribution in [0.1, 0.15) is 13.8 Å². The lowest BCUT2D eigenvalue weighted by Gasteiger charge is -2.06. The van der Waals surface area contributed by atoms with Gasteiger partial charge in [-0.1, -0.05) is 25.6 Å². The lowest BCUT2D eigenvalue weighted by molar-refractivity contribution is 0.832. The molecule has 0 radical (unpaired) electrons. The Bertz CT molecular complexity index is 97.8. The summed E-state index contributed by atoms with van der Waals surface area (Å²) >= 11 is 0. The van der Waals surface area contributed by atoms with Crippen molar-refractivity contribution in [3.8, 4) is 0 Å². The maximum absolute atomic E-state index is 3.25. The first-order valence-electron chi connectivity index (χ1n) is 3.73. The van der Waals surface area contributed by atoms with Crippen LogP contribution in [0.4, 0.5) is 0 Å². The van der Waals surface area contributed by atoms with Crippen LogP contribution in [0, 0.1) is 5.92 Å². The summed E-state index contributed by atoms with van der Waals surface area (Å²) in [4.78, 5) is 6.50. The molecule has 0 aliphatic rings. The van der Waals surface area contributed by atoms with Crippen LogP contribution in [-0.2, 0) is 0 Å². The standard InChI is InChI=1S/C7H18N2Si/c1-7(2)5-6-10(8-3)9-4/h5-10H,1-4H3. The van der Waals surface area contributed by atoms with Gasteiger partial charge in [0.2, 0.25) is 9.12 Å². The second kappa shape index (κ2) is 5.65. The van der Waals surface area contributed by atoms with E-state index in [-0.39, 0.29) is 0 Å². The highest BCUT2D eigenvalue weighted by molar-refractivity contribution is 6.58. The van der Waals surface area contributed by atoms with Gasteiger partial charge in [-0.25, -0.2) is 0 Å². The summed E-state index contributed by atoms with van der Waals surface area (Å²) in [6.07, 6.45) is 2.24.